The Balaban J connectivity index is 1.59. The number of sulfonamides is 1. The average Bonchev–Trinajstić information content (AvgIpc) is 3.13. The number of rotatable bonds is 4. The quantitative estimate of drug-likeness (QED) is 0.828. The number of ether oxygens (including phenoxy) is 1. The second-order valence-corrected chi connectivity index (χ2v) is 10.1. The number of nitrogens with zero attached hydrogens (tertiary/aromatic N) is 3. The monoisotopic (exact) mass is 414 g/mol. The highest BCUT2D eigenvalue weighted by molar-refractivity contribution is 7.88. The summed E-state index contributed by atoms with van der Waals surface area (Å²) in [7, 11) is -3.31. The molecule has 0 bridgehead atoms. The van der Waals surface area contributed by atoms with Crippen LogP contribution in [0.15, 0.2) is 18.2 Å². The Morgan fingerprint density at radius 2 is 2.07 bits per heavy atom. The van der Waals surface area contributed by atoms with Crippen LogP contribution in [0.2, 0.25) is 0 Å². The van der Waals surface area contributed by atoms with Gasteiger partial charge >= 0.3 is 0 Å². The van der Waals surface area contributed by atoms with Crippen LogP contribution in [0.1, 0.15) is 49.0 Å². The highest BCUT2D eigenvalue weighted by Gasteiger charge is 2.30. The molecule has 1 aromatic carbocycles. The summed E-state index contributed by atoms with van der Waals surface area (Å²) in [6.07, 6.45) is 6.06. The predicted octanol–water partition coefficient (Wildman–Crippen LogP) is 2.60. The summed E-state index contributed by atoms with van der Waals surface area (Å²) in [5, 5.41) is 0. The van der Waals surface area contributed by atoms with Gasteiger partial charge in [0, 0.05) is 41.4 Å². The Morgan fingerprint density at radius 3 is 2.79 bits per heavy atom. The Hall–Kier alpha value is -2.19. The number of benzene rings is 1. The predicted molar refractivity (Wildman–Crippen MR) is 112 cm³/mol. The maximum absolute atomic E-state index is 11.8. The molecule has 1 unspecified atom stereocenters. The van der Waals surface area contributed by atoms with Gasteiger partial charge in [0.1, 0.15) is 5.75 Å². The van der Waals surface area contributed by atoms with Gasteiger partial charge in [-0.3, -0.25) is 0 Å². The van der Waals surface area contributed by atoms with Crippen molar-refractivity contribution < 1.29 is 13.2 Å². The molecule has 8 heteroatoms. The molecule has 0 amide bonds. The molecule has 3 heterocycles. The van der Waals surface area contributed by atoms with Gasteiger partial charge < -0.3 is 9.64 Å². The molecule has 29 heavy (non-hydrogen) atoms. The van der Waals surface area contributed by atoms with E-state index in [1.54, 1.807) is 0 Å². The molecule has 1 fully saturated rings. The number of nitrogens with one attached hydrogen (secondary N) is 1. The lowest BCUT2D eigenvalue weighted by Crippen LogP contribution is -2.46. The van der Waals surface area contributed by atoms with E-state index >= 15 is 0 Å². The molecule has 0 saturated carbocycles. The van der Waals surface area contributed by atoms with Gasteiger partial charge in [0.2, 0.25) is 16.0 Å². The summed E-state index contributed by atoms with van der Waals surface area (Å²) in [6.45, 7) is 3.70. The molecule has 0 spiro atoms. The minimum absolute atomic E-state index is 0.279. The molecule has 0 radical (unpaired) electrons. The molecule has 154 valence electrons. The Morgan fingerprint density at radius 1 is 1.21 bits per heavy atom. The third-order valence-corrected chi connectivity index (χ3v) is 6.89. The summed E-state index contributed by atoms with van der Waals surface area (Å²) in [5.74, 6) is 1.56. The highest BCUT2D eigenvalue weighted by atomic mass is 32.2. The van der Waals surface area contributed by atoms with Gasteiger partial charge in [0.05, 0.1) is 24.6 Å². The largest absolute Gasteiger partial charge is 0.493 e. The molecule has 2 aliphatic heterocycles. The maximum Gasteiger partial charge on any atom is 0.226 e. The molecule has 5 rings (SSSR count). The number of fused-ring (bicyclic) bond motifs is 2. The zero-order valence-electron chi connectivity index (χ0n) is 16.8. The van der Waals surface area contributed by atoms with Crippen molar-refractivity contribution in [2.75, 3.05) is 24.3 Å². The standard InChI is InChI=1S/C21H26N4O3S/c1-13-8-10-25(13)21-22-17-5-3-4-15(17)20(23-21)14-6-7-19-16(12-14)18(9-11-28-19)24-29(2,26)27/h6-7,12-13,18,24H,3-5,8-11H2,1-2H3/t13-,18?/m0/s1. The molecule has 1 aliphatic carbocycles. The van der Waals surface area contributed by atoms with E-state index in [1.165, 1.54) is 18.2 Å². The van der Waals surface area contributed by atoms with Gasteiger partial charge in [0.25, 0.3) is 0 Å². The van der Waals surface area contributed by atoms with Crippen LogP contribution in [0.3, 0.4) is 0 Å². The van der Waals surface area contributed by atoms with Gasteiger partial charge in [0.15, 0.2) is 0 Å². The topological polar surface area (TPSA) is 84.4 Å². The second kappa shape index (κ2) is 6.95. The molecule has 7 nitrogen and oxygen atoms in total. The first-order valence-electron chi connectivity index (χ1n) is 10.3. The van der Waals surface area contributed by atoms with Crippen LogP contribution < -0.4 is 14.4 Å². The SMILES string of the molecule is C[C@H]1CCN1c1nc2c(c(-c3ccc4c(c3)C(NS(C)(=O)=O)CCO4)n1)CCC2. The van der Waals surface area contributed by atoms with E-state index in [-0.39, 0.29) is 6.04 Å². The lowest BCUT2D eigenvalue weighted by molar-refractivity contribution is 0.263. The molecule has 2 atom stereocenters. The second-order valence-electron chi connectivity index (χ2n) is 8.31. The molecule has 2 aromatic rings. The fourth-order valence-corrected chi connectivity index (χ4v) is 5.28. The van der Waals surface area contributed by atoms with Crippen LogP contribution in [0.5, 0.6) is 5.75 Å². The summed E-state index contributed by atoms with van der Waals surface area (Å²) >= 11 is 0. The first-order chi connectivity index (χ1) is 13.9. The van der Waals surface area contributed by atoms with Crippen molar-refractivity contribution >= 4 is 16.0 Å². The average molecular weight is 415 g/mol. The van der Waals surface area contributed by atoms with Crippen LogP contribution in [0.25, 0.3) is 11.3 Å². The normalized spacial score (nSPS) is 23.2. The van der Waals surface area contributed by atoms with Crippen LogP contribution >= 0.6 is 0 Å². The molecule has 1 aromatic heterocycles. The number of hydrogen-bond donors (Lipinski definition) is 1. The molecule has 3 aliphatic rings. The molecular formula is C21H26N4O3S. The lowest BCUT2D eigenvalue weighted by Gasteiger charge is -2.39. The highest BCUT2D eigenvalue weighted by Crippen LogP contribution is 2.39. The van der Waals surface area contributed by atoms with Crippen molar-refractivity contribution in [2.45, 2.75) is 51.1 Å². The van der Waals surface area contributed by atoms with E-state index in [9.17, 15) is 8.42 Å². The summed E-state index contributed by atoms with van der Waals surface area (Å²) in [5.41, 5.74) is 5.25. The van der Waals surface area contributed by atoms with Crippen molar-refractivity contribution in [3.05, 3.63) is 35.0 Å². The van der Waals surface area contributed by atoms with Gasteiger partial charge in [-0.15, -0.1) is 0 Å². The van der Waals surface area contributed by atoms with Crippen molar-refractivity contribution in [3.63, 3.8) is 0 Å². The zero-order valence-corrected chi connectivity index (χ0v) is 17.6. The summed E-state index contributed by atoms with van der Waals surface area (Å²) in [6, 6.07) is 6.21. The van der Waals surface area contributed by atoms with Crippen molar-refractivity contribution in [3.8, 4) is 17.0 Å². The fraction of sp³-hybridized carbons (Fsp3) is 0.524. The molecule has 1 saturated heterocycles. The number of aromatic nitrogens is 2. The Bertz CT molecular complexity index is 1070. The van der Waals surface area contributed by atoms with E-state index < -0.39 is 10.0 Å². The third-order valence-electron chi connectivity index (χ3n) is 6.18. The van der Waals surface area contributed by atoms with Crippen LogP contribution in [0, 0.1) is 0 Å². The Labute approximate surface area is 171 Å². The first-order valence-corrected chi connectivity index (χ1v) is 12.2. The molecule has 1 N–H and O–H groups in total. The van der Waals surface area contributed by atoms with Gasteiger partial charge in [-0.1, -0.05) is 0 Å². The summed E-state index contributed by atoms with van der Waals surface area (Å²) < 4.78 is 32.2. The van der Waals surface area contributed by atoms with Crippen LogP contribution in [-0.4, -0.2) is 43.8 Å². The lowest BCUT2D eigenvalue weighted by atomic mass is 9.96. The van der Waals surface area contributed by atoms with Gasteiger partial charge in [-0.05, 0) is 50.8 Å². The van der Waals surface area contributed by atoms with Gasteiger partial charge in [-0.2, -0.15) is 0 Å². The van der Waals surface area contributed by atoms with Crippen molar-refractivity contribution in [1.29, 1.82) is 0 Å². The first kappa shape index (κ1) is 18.8. The number of hydrogen-bond acceptors (Lipinski definition) is 6. The minimum atomic E-state index is -3.31. The third kappa shape index (κ3) is 3.48. The minimum Gasteiger partial charge on any atom is -0.493 e. The van der Waals surface area contributed by atoms with Gasteiger partial charge in [-0.25, -0.2) is 23.1 Å². The van der Waals surface area contributed by atoms with E-state index in [1.807, 2.05) is 18.2 Å². The van der Waals surface area contributed by atoms with E-state index in [0.29, 0.717) is 19.1 Å². The zero-order chi connectivity index (χ0) is 20.2. The van der Waals surface area contributed by atoms with E-state index in [2.05, 4.69) is 16.5 Å². The fourth-order valence-electron chi connectivity index (χ4n) is 4.52. The van der Waals surface area contributed by atoms with E-state index in [4.69, 9.17) is 14.7 Å². The smallest absolute Gasteiger partial charge is 0.226 e. The summed E-state index contributed by atoms with van der Waals surface area (Å²) in [4.78, 5) is 12.1. The molecular weight excluding hydrogens is 388 g/mol. The van der Waals surface area contributed by atoms with Crippen LogP contribution in [-0.2, 0) is 22.9 Å². The van der Waals surface area contributed by atoms with Crippen molar-refractivity contribution in [1.82, 2.24) is 14.7 Å². The number of anilines is 1. The van der Waals surface area contributed by atoms with E-state index in [0.717, 1.165) is 60.0 Å². The number of aryl methyl sites for hydroxylation is 1. The maximum atomic E-state index is 11.8. The van der Waals surface area contributed by atoms with Crippen molar-refractivity contribution in [2.24, 2.45) is 0 Å². The Kier molecular flexibility index (Phi) is 4.51. The van der Waals surface area contributed by atoms with Crippen LogP contribution in [0.4, 0.5) is 5.95 Å².